The van der Waals surface area contributed by atoms with Gasteiger partial charge in [0.2, 0.25) is 0 Å². The maximum atomic E-state index is 2.31. The lowest BCUT2D eigenvalue weighted by Gasteiger charge is -2.03. The molecule has 19 heavy (non-hydrogen) atoms. The molecular weight excluding hydrogens is 458 g/mol. The highest BCUT2D eigenvalue weighted by Crippen LogP contribution is 2.06. The van der Waals surface area contributed by atoms with Gasteiger partial charge in [-0.05, 0) is 49.1 Å². The largest absolute Gasteiger partial charge is 0.357 e. The van der Waals surface area contributed by atoms with Crippen molar-refractivity contribution >= 4 is 24.0 Å². The molecule has 0 N–H and O–H groups in total. The molecular formula is C17H21I2+. The van der Waals surface area contributed by atoms with Crippen molar-refractivity contribution in [1.29, 1.82) is 0 Å². The van der Waals surface area contributed by atoms with Gasteiger partial charge in [-0.25, -0.2) is 0 Å². The van der Waals surface area contributed by atoms with Crippen LogP contribution in [0.15, 0.2) is 48.5 Å². The molecule has 0 spiro atoms. The van der Waals surface area contributed by atoms with Crippen LogP contribution in [0.4, 0.5) is 0 Å². The summed E-state index contributed by atoms with van der Waals surface area (Å²) < 4.78 is 3.00. The van der Waals surface area contributed by atoms with Crippen molar-refractivity contribution in [2.45, 2.75) is 27.2 Å². The van der Waals surface area contributed by atoms with Crippen LogP contribution >= 0.6 is 24.0 Å². The molecule has 0 unspecified atom stereocenters. The Hall–Kier alpha value is -0.100. The highest BCUT2D eigenvalue weighted by atomic mass is 127. The summed E-state index contributed by atoms with van der Waals surface area (Å²) in [6.07, 6.45) is 1.18. The minimum Gasteiger partial charge on any atom is -0.107 e. The third-order valence-electron chi connectivity index (χ3n) is 2.79. The van der Waals surface area contributed by atoms with E-state index in [0.717, 1.165) is 5.92 Å². The maximum absolute atomic E-state index is 2.31. The van der Waals surface area contributed by atoms with Crippen molar-refractivity contribution in [3.05, 3.63) is 66.8 Å². The van der Waals surface area contributed by atoms with Gasteiger partial charge in [-0.1, -0.05) is 43.7 Å². The van der Waals surface area contributed by atoms with E-state index in [1.807, 2.05) is 0 Å². The molecule has 0 nitrogen and oxygen atoms in total. The van der Waals surface area contributed by atoms with E-state index >= 15 is 0 Å². The van der Waals surface area contributed by atoms with Gasteiger partial charge in [0.15, 0.2) is 7.14 Å². The van der Waals surface area contributed by atoms with Gasteiger partial charge >= 0.3 is 21.2 Å². The summed E-state index contributed by atoms with van der Waals surface area (Å²) in [6, 6.07) is 18.2. The smallest absolute Gasteiger partial charge is 0.107 e. The molecule has 0 aliphatic rings. The van der Waals surface area contributed by atoms with E-state index in [4.69, 9.17) is 0 Å². The Morgan fingerprint density at radius 3 is 1.79 bits per heavy atom. The van der Waals surface area contributed by atoms with E-state index in [2.05, 4.69) is 69.3 Å². The summed E-state index contributed by atoms with van der Waals surface area (Å²) in [5, 5.41) is 0. The van der Waals surface area contributed by atoms with Crippen LogP contribution in [0.2, 0.25) is 0 Å². The van der Waals surface area contributed by atoms with Gasteiger partial charge in [0, 0.05) is 0 Å². The average molecular weight is 479 g/mol. The van der Waals surface area contributed by atoms with E-state index in [-0.39, 0.29) is 45.2 Å². The molecule has 2 aromatic carbocycles. The van der Waals surface area contributed by atoms with Crippen LogP contribution in [-0.4, -0.2) is 0 Å². The lowest BCUT2D eigenvalue weighted by Crippen LogP contribution is -3.61. The number of rotatable bonds is 4. The predicted octanol–water partition coefficient (Wildman–Crippen LogP) is 1.94. The first-order valence-electron chi connectivity index (χ1n) is 6.44. The monoisotopic (exact) mass is 479 g/mol. The predicted molar refractivity (Wildman–Crippen MR) is 89.0 cm³/mol. The van der Waals surface area contributed by atoms with Crippen LogP contribution < -0.4 is 21.2 Å². The van der Waals surface area contributed by atoms with Gasteiger partial charge in [-0.2, -0.15) is 0 Å². The lowest BCUT2D eigenvalue weighted by molar-refractivity contribution is -0.597. The molecule has 0 amide bonds. The van der Waals surface area contributed by atoms with Gasteiger partial charge in [-0.3, -0.25) is 0 Å². The first kappa shape index (κ1) is 17.0. The summed E-state index contributed by atoms with van der Waals surface area (Å²) >= 11 is -0.0179. The van der Waals surface area contributed by atoms with Gasteiger partial charge in [0.05, 0.1) is 0 Å². The van der Waals surface area contributed by atoms with E-state index in [0.29, 0.717) is 0 Å². The first-order valence-corrected chi connectivity index (χ1v) is 8.59. The normalized spacial score (nSPS) is 10.3. The molecule has 2 aromatic rings. The minimum atomic E-state index is -0.0179. The van der Waals surface area contributed by atoms with Crippen LogP contribution in [0, 0.1) is 20.0 Å². The molecule has 0 bridgehead atoms. The van der Waals surface area contributed by atoms with Crippen LogP contribution in [0.25, 0.3) is 0 Å². The maximum Gasteiger partial charge on any atom is 0.357 e. The Bertz CT molecular complexity index is 484. The molecule has 0 aromatic heterocycles. The van der Waals surface area contributed by atoms with Crippen molar-refractivity contribution in [3.8, 4) is 0 Å². The van der Waals surface area contributed by atoms with Crippen LogP contribution in [-0.2, 0) is 6.42 Å². The van der Waals surface area contributed by atoms with Crippen LogP contribution in [0.3, 0.4) is 0 Å². The number of halogens is 2. The topological polar surface area (TPSA) is 0 Å². The summed E-state index contributed by atoms with van der Waals surface area (Å²) in [6.45, 7) is 6.68. The zero-order chi connectivity index (χ0) is 13.0. The van der Waals surface area contributed by atoms with Crippen molar-refractivity contribution < 1.29 is 21.2 Å². The summed E-state index contributed by atoms with van der Waals surface area (Å²) in [5.41, 5.74) is 2.80. The second-order valence-corrected chi connectivity index (χ2v) is 8.15. The van der Waals surface area contributed by atoms with Gasteiger partial charge in [0.25, 0.3) is 0 Å². The molecule has 0 radical (unpaired) electrons. The molecule has 2 rings (SSSR count). The third-order valence-corrected chi connectivity index (χ3v) is 5.47. The van der Waals surface area contributed by atoms with Crippen LogP contribution in [0.1, 0.15) is 25.0 Å². The van der Waals surface area contributed by atoms with Crippen molar-refractivity contribution in [2.24, 2.45) is 5.92 Å². The fourth-order valence-electron chi connectivity index (χ4n) is 1.88. The number of aryl methyl sites for hydroxylation is 1. The Morgan fingerprint density at radius 2 is 1.32 bits per heavy atom. The second-order valence-electron chi connectivity index (χ2n) is 5.11. The number of hydrogen-bond acceptors (Lipinski definition) is 0. The summed E-state index contributed by atoms with van der Waals surface area (Å²) in [7, 11) is 0. The van der Waals surface area contributed by atoms with Crippen LogP contribution in [0.5, 0.6) is 0 Å². The van der Waals surface area contributed by atoms with E-state index in [9.17, 15) is 0 Å². The Morgan fingerprint density at radius 1 is 0.842 bits per heavy atom. The van der Waals surface area contributed by atoms with Gasteiger partial charge < -0.3 is 0 Å². The summed E-state index contributed by atoms with van der Waals surface area (Å²) in [5.74, 6) is 0.739. The molecule has 0 saturated carbocycles. The average Bonchev–Trinajstić information content (AvgIpc) is 2.34. The minimum absolute atomic E-state index is 0. The van der Waals surface area contributed by atoms with Gasteiger partial charge in [-0.15, -0.1) is 24.0 Å². The molecule has 0 fully saturated rings. The molecule has 0 atom stereocenters. The quantitative estimate of drug-likeness (QED) is 0.589. The van der Waals surface area contributed by atoms with E-state index in [1.54, 1.807) is 0 Å². The fourth-order valence-corrected chi connectivity index (χ4v) is 4.03. The molecule has 0 aliphatic heterocycles. The van der Waals surface area contributed by atoms with E-state index in [1.165, 1.54) is 24.7 Å². The van der Waals surface area contributed by atoms with Crippen molar-refractivity contribution in [3.63, 3.8) is 0 Å². The van der Waals surface area contributed by atoms with Crippen molar-refractivity contribution in [1.82, 2.24) is 0 Å². The zero-order valence-electron chi connectivity index (χ0n) is 11.7. The SMILES string of the molecule is Cc1ccc([I+]c2ccc(CC(C)C)cc2)cc1.I. The van der Waals surface area contributed by atoms with Crippen molar-refractivity contribution in [2.75, 3.05) is 0 Å². The lowest BCUT2D eigenvalue weighted by atomic mass is 10.0. The standard InChI is InChI=1S/C17H20I.HI/c1-13(2)12-15-6-10-17(11-7-15)18-16-8-4-14(3)5-9-16;/h4-11,13H,12H2,1-3H3;1H/q+1;. The Kier molecular flexibility index (Phi) is 7.36. The highest BCUT2D eigenvalue weighted by Gasteiger charge is 2.14. The molecule has 0 saturated heterocycles. The molecule has 0 aliphatic carbocycles. The first-order chi connectivity index (χ1) is 8.63. The Labute approximate surface area is 144 Å². The zero-order valence-corrected chi connectivity index (χ0v) is 16.2. The highest BCUT2D eigenvalue weighted by molar-refractivity contribution is 14.0. The third kappa shape index (κ3) is 5.81. The molecule has 0 heterocycles. The number of hydrogen-bond donors (Lipinski definition) is 0. The van der Waals surface area contributed by atoms with E-state index < -0.39 is 0 Å². The molecule has 2 heteroatoms. The number of benzene rings is 2. The summed E-state index contributed by atoms with van der Waals surface area (Å²) in [4.78, 5) is 0. The Balaban J connectivity index is 0.00000180. The van der Waals surface area contributed by atoms with Gasteiger partial charge in [0.1, 0.15) is 0 Å². The second kappa shape index (κ2) is 8.25. The molecule has 102 valence electrons. The fraction of sp³-hybridized carbons (Fsp3) is 0.294.